The number of hydrogen-bond acceptors (Lipinski definition) is 4. The van der Waals surface area contributed by atoms with E-state index in [0.29, 0.717) is 10.0 Å². The van der Waals surface area contributed by atoms with Crippen molar-refractivity contribution < 1.29 is 13.2 Å². The molecular weight excluding hydrogens is 382 g/mol. The van der Waals surface area contributed by atoms with Crippen molar-refractivity contribution in [3.63, 3.8) is 0 Å². The molecular formula is C12H9BrClN3O3S. The number of sulfonamides is 1. The van der Waals surface area contributed by atoms with Crippen LogP contribution >= 0.6 is 27.5 Å². The molecule has 2 rings (SSSR count). The molecule has 9 heteroatoms. The average Bonchev–Trinajstić information content (AvgIpc) is 2.48. The Bertz CT molecular complexity index is 769. The van der Waals surface area contributed by atoms with E-state index in [1.807, 2.05) is 4.83 Å². The Hall–Kier alpha value is -1.48. The third-order valence-electron chi connectivity index (χ3n) is 2.42. The highest BCUT2D eigenvalue weighted by molar-refractivity contribution is 9.10. The second kappa shape index (κ2) is 6.52. The Morgan fingerprint density at radius 2 is 1.90 bits per heavy atom. The zero-order chi connectivity index (χ0) is 15.5. The number of hydrazine groups is 1. The number of amides is 1. The Labute approximate surface area is 134 Å². The highest BCUT2D eigenvalue weighted by Gasteiger charge is 2.17. The van der Waals surface area contributed by atoms with Crippen molar-refractivity contribution >= 4 is 43.5 Å². The summed E-state index contributed by atoms with van der Waals surface area (Å²) in [7, 11) is -3.94. The monoisotopic (exact) mass is 389 g/mol. The summed E-state index contributed by atoms with van der Waals surface area (Å²) in [5.41, 5.74) is 2.45. The van der Waals surface area contributed by atoms with Crippen LogP contribution in [0.4, 0.5) is 0 Å². The van der Waals surface area contributed by atoms with Crippen molar-refractivity contribution in [1.29, 1.82) is 0 Å². The third kappa shape index (κ3) is 4.01. The summed E-state index contributed by atoms with van der Waals surface area (Å²) in [5.74, 6) is -0.569. The van der Waals surface area contributed by atoms with Gasteiger partial charge in [0, 0.05) is 11.8 Å². The second-order valence-corrected chi connectivity index (χ2v) is 6.76. The van der Waals surface area contributed by atoms with Gasteiger partial charge in [0.15, 0.2) is 0 Å². The molecule has 0 aliphatic heterocycles. The van der Waals surface area contributed by atoms with Gasteiger partial charge in [0.05, 0.1) is 4.47 Å². The van der Waals surface area contributed by atoms with Crippen LogP contribution in [-0.2, 0) is 10.0 Å². The lowest BCUT2D eigenvalue weighted by atomic mass is 10.2. The lowest BCUT2D eigenvalue weighted by molar-refractivity contribution is 0.0945. The van der Waals surface area contributed by atoms with Gasteiger partial charge in [-0.05, 0) is 34.1 Å². The van der Waals surface area contributed by atoms with Gasteiger partial charge in [0.2, 0.25) is 0 Å². The van der Waals surface area contributed by atoms with Crippen molar-refractivity contribution in [3.05, 3.63) is 57.8 Å². The van der Waals surface area contributed by atoms with E-state index in [1.165, 1.54) is 6.07 Å². The van der Waals surface area contributed by atoms with Crippen LogP contribution in [0.25, 0.3) is 0 Å². The number of halogens is 2. The molecule has 0 fully saturated rings. The summed E-state index contributed by atoms with van der Waals surface area (Å²) < 4.78 is 24.3. The fourth-order valence-electron chi connectivity index (χ4n) is 1.38. The lowest BCUT2D eigenvalue weighted by Gasteiger charge is -2.08. The number of pyridine rings is 1. The van der Waals surface area contributed by atoms with Crippen molar-refractivity contribution in [2.75, 3.05) is 0 Å². The normalized spacial score (nSPS) is 11.1. The van der Waals surface area contributed by atoms with Crippen molar-refractivity contribution in [2.24, 2.45) is 0 Å². The van der Waals surface area contributed by atoms with E-state index in [9.17, 15) is 13.2 Å². The Morgan fingerprint density at radius 1 is 1.24 bits per heavy atom. The Morgan fingerprint density at radius 3 is 2.52 bits per heavy atom. The maximum absolute atomic E-state index is 12.0. The van der Waals surface area contributed by atoms with Crippen molar-refractivity contribution in [1.82, 2.24) is 15.2 Å². The van der Waals surface area contributed by atoms with Crippen LogP contribution in [0.5, 0.6) is 0 Å². The standard InChI is InChI=1S/C12H9BrClN3O3S/c13-10-6-9(7-15-11(10)14)21(19,20)17-16-12(18)8-4-2-1-3-5-8/h1-7,17H,(H,16,18). The molecule has 1 heterocycles. The summed E-state index contributed by atoms with van der Waals surface area (Å²) in [6, 6.07) is 9.49. The van der Waals surface area contributed by atoms with E-state index in [2.05, 4.69) is 26.3 Å². The van der Waals surface area contributed by atoms with Crippen molar-refractivity contribution in [2.45, 2.75) is 4.90 Å². The summed E-state index contributed by atoms with van der Waals surface area (Å²) >= 11 is 8.78. The molecule has 0 radical (unpaired) electrons. The van der Waals surface area contributed by atoms with Crippen LogP contribution in [0.1, 0.15) is 10.4 Å². The summed E-state index contributed by atoms with van der Waals surface area (Å²) in [4.78, 5) is 17.3. The molecule has 1 amide bonds. The van der Waals surface area contributed by atoms with Crippen molar-refractivity contribution in [3.8, 4) is 0 Å². The molecule has 110 valence electrons. The van der Waals surface area contributed by atoms with E-state index in [0.717, 1.165) is 6.20 Å². The number of nitrogens with zero attached hydrogens (tertiary/aromatic N) is 1. The zero-order valence-corrected chi connectivity index (χ0v) is 13.5. The number of carbonyl (C=O) groups is 1. The average molecular weight is 391 g/mol. The molecule has 2 N–H and O–H groups in total. The maximum atomic E-state index is 12.0. The molecule has 0 bridgehead atoms. The van der Waals surface area contributed by atoms with Gasteiger partial charge in [-0.3, -0.25) is 10.2 Å². The van der Waals surface area contributed by atoms with E-state index in [1.54, 1.807) is 30.3 Å². The lowest BCUT2D eigenvalue weighted by Crippen LogP contribution is -2.41. The topological polar surface area (TPSA) is 88.2 Å². The molecule has 2 aromatic rings. The first kappa shape index (κ1) is 15.9. The number of benzene rings is 1. The fraction of sp³-hybridized carbons (Fsp3) is 0. The van der Waals surface area contributed by atoms with Crippen LogP contribution in [0.3, 0.4) is 0 Å². The van der Waals surface area contributed by atoms with Crippen LogP contribution in [0, 0.1) is 0 Å². The quantitative estimate of drug-likeness (QED) is 0.618. The summed E-state index contributed by atoms with van der Waals surface area (Å²) in [6.07, 6.45) is 1.09. The molecule has 6 nitrogen and oxygen atoms in total. The van der Waals surface area contributed by atoms with Gasteiger partial charge < -0.3 is 0 Å². The second-order valence-electron chi connectivity index (χ2n) is 3.87. The van der Waals surface area contributed by atoms with E-state index >= 15 is 0 Å². The van der Waals surface area contributed by atoms with E-state index < -0.39 is 15.9 Å². The molecule has 0 spiro atoms. The number of nitrogens with one attached hydrogen (secondary N) is 2. The molecule has 0 unspecified atom stereocenters. The molecule has 0 aliphatic rings. The molecule has 1 aromatic heterocycles. The SMILES string of the molecule is O=C(NNS(=O)(=O)c1cnc(Cl)c(Br)c1)c1ccccc1. The molecule has 0 saturated carbocycles. The molecule has 0 saturated heterocycles. The summed E-state index contributed by atoms with van der Waals surface area (Å²) in [5, 5.41) is 0.141. The van der Waals surface area contributed by atoms with Gasteiger partial charge >= 0.3 is 0 Å². The van der Waals surface area contributed by atoms with Crippen LogP contribution in [-0.4, -0.2) is 19.3 Å². The first-order valence-corrected chi connectivity index (χ1v) is 8.24. The van der Waals surface area contributed by atoms with Crippen LogP contribution in [0.2, 0.25) is 5.15 Å². The Kier molecular flexibility index (Phi) is 4.94. The van der Waals surface area contributed by atoms with Gasteiger partial charge in [0.1, 0.15) is 10.0 Å². The molecule has 21 heavy (non-hydrogen) atoms. The molecule has 1 aromatic carbocycles. The Balaban J connectivity index is 2.11. The number of aromatic nitrogens is 1. The summed E-state index contributed by atoms with van der Waals surface area (Å²) in [6.45, 7) is 0. The largest absolute Gasteiger partial charge is 0.273 e. The zero-order valence-electron chi connectivity index (χ0n) is 10.4. The fourth-order valence-corrected chi connectivity index (χ4v) is 2.80. The minimum Gasteiger partial charge on any atom is -0.273 e. The first-order valence-electron chi connectivity index (χ1n) is 5.58. The van der Waals surface area contributed by atoms with Gasteiger partial charge in [-0.25, -0.2) is 13.4 Å². The minimum atomic E-state index is -3.94. The van der Waals surface area contributed by atoms with E-state index in [-0.39, 0.29) is 10.0 Å². The highest BCUT2D eigenvalue weighted by Crippen LogP contribution is 2.22. The number of hydrogen-bond donors (Lipinski definition) is 2. The van der Waals surface area contributed by atoms with Crippen LogP contribution < -0.4 is 10.3 Å². The minimum absolute atomic E-state index is 0.132. The predicted molar refractivity (Wildman–Crippen MR) is 81.2 cm³/mol. The molecule has 0 aliphatic carbocycles. The van der Waals surface area contributed by atoms with E-state index in [4.69, 9.17) is 11.6 Å². The maximum Gasteiger partial charge on any atom is 0.266 e. The first-order chi connectivity index (χ1) is 9.90. The number of rotatable bonds is 4. The third-order valence-corrected chi connectivity index (χ3v) is 4.77. The van der Waals surface area contributed by atoms with Gasteiger partial charge in [-0.1, -0.05) is 29.8 Å². The smallest absolute Gasteiger partial charge is 0.266 e. The highest BCUT2D eigenvalue weighted by atomic mass is 79.9. The van der Waals surface area contributed by atoms with Crippen LogP contribution in [0.15, 0.2) is 52.0 Å². The van der Waals surface area contributed by atoms with Gasteiger partial charge in [-0.2, -0.15) is 0 Å². The van der Waals surface area contributed by atoms with Gasteiger partial charge in [-0.15, -0.1) is 4.83 Å². The van der Waals surface area contributed by atoms with Gasteiger partial charge in [0.25, 0.3) is 15.9 Å². The number of carbonyl (C=O) groups excluding carboxylic acids is 1. The molecule has 0 atom stereocenters. The predicted octanol–water partition coefficient (Wildman–Crippen LogP) is 2.12.